The molecule has 0 amide bonds. The molecule has 1 saturated carbocycles. The van der Waals surface area contributed by atoms with Crippen LogP contribution in [-0.4, -0.2) is 13.2 Å². The zero-order valence-electron chi connectivity index (χ0n) is 13.6. The Kier molecular flexibility index (Phi) is 4.23. The van der Waals surface area contributed by atoms with Crippen molar-refractivity contribution in [1.82, 2.24) is 10.9 Å². The first-order valence-corrected chi connectivity index (χ1v) is 8.26. The van der Waals surface area contributed by atoms with Crippen LogP contribution in [0.25, 0.3) is 0 Å². The molecule has 1 aromatic carbocycles. The largest absolute Gasteiger partial charge is 0.497 e. The number of hydrogen-bond donors (Lipinski definition) is 2. The van der Waals surface area contributed by atoms with Gasteiger partial charge in [0.1, 0.15) is 5.75 Å². The number of hydrazine groups is 1. The SMILES string of the molecule is COc1ccc(C2NNC3C(C(C)C)CCC(C)C23)cc1. The average Bonchev–Trinajstić information content (AvgIpc) is 2.93. The Labute approximate surface area is 128 Å². The van der Waals surface area contributed by atoms with E-state index in [9.17, 15) is 0 Å². The molecule has 3 heteroatoms. The Morgan fingerprint density at radius 2 is 1.81 bits per heavy atom. The van der Waals surface area contributed by atoms with Crippen molar-refractivity contribution in [1.29, 1.82) is 0 Å². The van der Waals surface area contributed by atoms with Crippen molar-refractivity contribution in [3.8, 4) is 5.75 Å². The minimum absolute atomic E-state index is 0.414. The standard InChI is InChI=1S/C18H28N2O/c1-11(2)15-10-5-12(3)16-17(19-20-18(15)16)13-6-8-14(21-4)9-7-13/h6-9,11-12,15-20H,5,10H2,1-4H3. The molecule has 2 aliphatic rings. The van der Waals surface area contributed by atoms with Crippen LogP contribution in [0.3, 0.4) is 0 Å². The lowest BCUT2D eigenvalue weighted by Crippen LogP contribution is -2.45. The fourth-order valence-corrected chi connectivity index (χ4v) is 4.35. The second kappa shape index (κ2) is 5.98. The summed E-state index contributed by atoms with van der Waals surface area (Å²) in [6, 6.07) is 9.55. The maximum Gasteiger partial charge on any atom is 0.118 e. The minimum atomic E-state index is 0.414. The first-order chi connectivity index (χ1) is 10.1. The number of rotatable bonds is 3. The third-order valence-electron chi connectivity index (χ3n) is 5.61. The van der Waals surface area contributed by atoms with Crippen molar-refractivity contribution in [3.05, 3.63) is 29.8 Å². The number of hydrogen-bond acceptors (Lipinski definition) is 3. The van der Waals surface area contributed by atoms with Gasteiger partial charge in [0.25, 0.3) is 0 Å². The van der Waals surface area contributed by atoms with Crippen LogP contribution in [0.15, 0.2) is 24.3 Å². The molecule has 2 N–H and O–H groups in total. The van der Waals surface area contributed by atoms with Gasteiger partial charge >= 0.3 is 0 Å². The van der Waals surface area contributed by atoms with Crippen molar-refractivity contribution in [2.24, 2.45) is 23.7 Å². The molecule has 1 saturated heterocycles. The van der Waals surface area contributed by atoms with Gasteiger partial charge < -0.3 is 4.74 Å². The van der Waals surface area contributed by atoms with E-state index >= 15 is 0 Å². The van der Waals surface area contributed by atoms with Crippen molar-refractivity contribution < 1.29 is 4.74 Å². The monoisotopic (exact) mass is 288 g/mol. The predicted octanol–water partition coefficient (Wildman–Crippen LogP) is 3.53. The van der Waals surface area contributed by atoms with Gasteiger partial charge in [-0.2, -0.15) is 0 Å². The van der Waals surface area contributed by atoms with Crippen LogP contribution in [0.2, 0.25) is 0 Å². The normalized spacial score (nSPS) is 35.8. The lowest BCUT2D eigenvalue weighted by Gasteiger charge is -2.41. The molecule has 3 nitrogen and oxygen atoms in total. The van der Waals surface area contributed by atoms with Crippen molar-refractivity contribution >= 4 is 0 Å². The molecule has 1 aliphatic carbocycles. The molecule has 21 heavy (non-hydrogen) atoms. The molecule has 3 rings (SSSR count). The van der Waals surface area contributed by atoms with Crippen molar-refractivity contribution in [2.45, 2.75) is 45.7 Å². The number of methoxy groups -OCH3 is 1. The molecular formula is C18H28N2O. The van der Waals surface area contributed by atoms with Crippen LogP contribution in [0.1, 0.15) is 45.2 Å². The van der Waals surface area contributed by atoms with E-state index in [2.05, 4.69) is 55.9 Å². The van der Waals surface area contributed by atoms with Gasteiger partial charge in [-0.3, -0.25) is 5.43 Å². The Balaban J connectivity index is 1.83. The second-order valence-corrected chi connectivity index (χ2v) is 7.11. The zero-order valence-corrected chi connectivity index (χ0v) is 13.6. The zero-order chi connectivity index (χ0) is 15.0. The predicted molar refractivity (Wildman–Crippen MR) is 86.0 cm³/mol. The summed E-state index contributed by atoms with van der Waals surface area (Å²) in [4.78, 5) is 0. The van der Waals surface area contributed by atoms with Gasteiger partial charge in [-0.25, -0.2) is 5.43 Å². The highest BCUT2D eigenvalue weighted by molar-refractivity contribution is 5.30. The van der Waals surface area contributed by atoms with Crippen LogP contribution in [0, 0.1) is 23.7 Å². The van der Waals surface area contributed by atoms with Gasteiger partial charge in [-0.1, -0.05) is 32.9 Å². The van der Waals surface area contributed by atoms with Gasteiger partial charge in [0.15, 0.2) is 0 Å². The van der Waals surface area contributed by atoms with Gasteiger partial charge in [0.05, 0.1) is 13.2 Å². The summed E-state index contributed by atoms with van der Waals surface area (Å²) >= 11 is 0. The van der Waals surface area contributed by atoms with E-state index in [-0.39, 0.29) is 0 Å². The van der Waals surface area contributed by atoms with Gasteiger partial charge in [-0.15, -0.1) is 0 Å². The topological polar surface area (TPSA) is 33.3 Å². The van der Waals surface area contributed by atoms with E-state index in [1.165, 1.54) is 18.4 Å². The number of ether oxygens (including phenoxy) is 1. The van der Waals surface area contributed by atoms with E-state index in [1.807, 2.05) is 0 Å². The van der Waals surface area contributed by atoms with Crippen LogP contribution in [0.4, 0.5) is 0 Å². The highest BCUT2D eigenvalue weighted by atomic mass is 16.5. The van der Waals surface area contributed by atoms with E-state index < -0.39 is 0 Å². The highest BCUT2D eigenvalue weighted by Gasteiger charge is 2.46. The molecule has 1 heterocycles. The van der Waals surface area contributed by atoms with E-state index in [0.717, 1.165) is 23.5 Å². The minimum Gasteiger partial charge on any atom is -0.497 e. The summed E-state index contributed by atoms with van der Waals surface area (Å²) in [6.07, 6.45) is 2.70. The van der Waals surface area contributed by atoms with Gasteiger partial charge in [0.2, 0.25) is 0 Å². The van der Waals surface area contributed by atoms with Crippen LogP contribution in [0.5, 0.6) is 5.75 Å². The maximum absolute atomic E-state index is 5.27. The molecule has 1 aliphatic heterocycles. The fourth-order valence-electron chi connectivity index (χ4n) is 4.35. The molecule has 0 bridgehead atoms. The molecule has 0 spiro atoms. The van der Waals surface area contributed by atoms with Gasteiger partial charge in [0, 0.05) is 6.04 Å². The molecule has 0 radical (unpaired) electrons. The molecule has 1 aromatic rings. The van der Waals surface area contributed by atoms with E-state index in [0.29, 0.717) is 18.0 Å². The molecule has 2 fully saturated rings. The Bertz CT molecular complexity index is 471. The van der Waals surface area contributed by atoms with Crippen LogP contribution < -0.4 is 15.6 Å². The molecule has 116 valence electrons. The lowest BCUT2D eigenvalue weighted by atomic mass is 9.65. The number of nitrogens with one attached hydrogen (secondary N) is 2. The smallest absolute Gasteiger partial charge is 0.118 e. The van der Waals surface area contributed by atoms with Gasteiger partial charge in [-0.05, 0) is 54.2 Å². The average molecular weight is 288 g/mol. The third-order valence-corrected chi connectivity index (χ3v) is 5.61. The first kappa shape index (κ1) is 14.9. The quantitative estimate of drug-likeness (QED) is 0.892. The molecule has 0 aromatic heterocycles. The lowest BCUT2D eigenvalue weighted by molar-refractivity contribution is 0.125. The van der Waals surface area contributed by atoms with E-state index in [4.69, 9.17) is 4.74 Å². The van der Waals surface area contributed by atoms with E-state index in [1.54, 1.807) is 7.11 Å². The summed E-state index contributed by atoms with van der Waals surface area (Å²) in [6.45, 7) is 7.14. The summed E-state index contributed by atoms with van der Waals surface area (Å²) < 4.78 is 5.27. The molecule has 5 unspecified atom stereocenters. The number of fused-ring (bicyclic) bond motifs is 1. The van der Waals surface area contributed by atoms with Crippen molar-refractivity contribution in [2.75, 3.05) is 7.11 Å². The summed E-state index contributed by atoms with van der Waals surface area (Å²) in [5.74, 6) is 3.90. The maximum atomic E-state index is 5.27. The van der Waals surface area contributed by atoms with Crippen LogP contribution >= 0.6 is 0 Å². The molecule has 5 atom stereocenters. The Morgan fingerprint density at radius 3 is 2.43 bits per heavy atom. The summed E-state index contributed by atoms with van der Waals surface area (Å²) in [5, 5.41) is 0. The highest BCUT2D eigenvalue weighted by Crippen LogP contribution is 2.45. The summed E-state index contributed by atoms with van der Waals surface area (Å²) in [5.41, 5.74) is 8.56. The fraction of sp³-hybridized carbons (Fsp3) is 0.667. The molecular weight excluding hydrogens is 260 g/mol. The second-order valence-electron chi connectivity index (χ2n) is 7.11. The number of benzene rings is 1. The Hall–Kier alpha value is -1.06. The third kappa shape index (κ3) is 2.69. The van der Waals surface area contributed by atoms with Crippen molar-refractivity contribution in [3.63, 3.8) is 0 Å². The first-order valence-electron chi connectivity index (χ1n) is 8.26. The van der Waals surface area contributed by atoms with Crippen LogP contribution in [-0.2, 0) is 0 Å². The summed E-state index contributed by atoms with van der Waals surface area (Å²) in [7, 11) is 1.72. The Morgan fingerprint density at radius 1 is 1.10 bits per heavy atom.